The van der Waals surface area contributed by atoms with Crippen molar-refractivity contribution in [3.8, 4) is 28.2 Å². The minimum Gasteiger partial charge on any atom is -0.309 e. The average Bonchev–Trinajstić information content (AvgIpc) is 3.27. The number of hydrogen-bond donors (Lipinski definition) is 0. The number of rotatable bonds is 6. The summed E-state index contributed by atoms with van der Waals surface area (Å²) < 4.78 is 2.15. The van der Waals surface area contributed by atoms with Crippen molar-refractivity contribution in [3.63, 3.8) is 0 Å². The quantitative estimate of drug-likeness (QED) is 0.143. The third kappa shape index (κ3) is 4.72. The van der Waals surface area contributed by atoms with E-state index in [1.807, 2.05) is 42.6 Å². The van der Waals surface area contributed by atoms with Crippen molar-refractivity contribution in [2.45, 2.75) is 13.8 Å². The molecular formula is C31H25N3O2. The van der Waals surface area contributed by atoms with Gasteiger partial charge >= 0.3 is 0 Å². The van der Waals surface area contributed by atoms with E-state index in [0.717, 1.165) is 39.5 Å². The van der Waals surface area contributed by atoms with Gasteiger partial charge in [0.25, 0.3) is 5.69 Å². The third-order valence-electron chi connectivity index (χ3n) is 6.02. The van der Waals surface area contributed by atoms with E-state index in [-0.39, 0.29) is 10.6 Å². The molecule has 5 heteroatoms. The molecule has 0 saturated carbocycles. The summed E-state index contributed by atoms with van der Waals surface area (Å²) in [7, 11) is 0. The van der Waals surface area contributed by atoms with E-state index in [1.54, 1.807) is 24.3 Å². The fourth-order valence-electron chi connectivity index (χ4n) is 4.50. The molecule has 36 heavy (non-hydrogen) atoms. The normalized spacial score (nSPS) is 11.2. The molecule has 1 heterocycles. The Morgan fingerprint density at radius 3 is 1.92 bits per heavy atom. The summed E-state index contributed by atoms with van der Waals surface area (Å²) in [5, 5.41) is 11.3. The van der Waals surface area contributed by atoms with Gasteiger partial charge in [-0.2, -0.15) is 0 Å². The number of nitrogens with zero attached hydrogens (tertiary/aromatic N) is 3. The van der Waals surface area contributed by atoms with Crippen LogP contribution in [0.4, 0.5) is 11.4 Å². The molecule has 5 aromatic rings. The predicted molar refractivity (Wildman–Crippen MR) is 146 cm³/mol. The van der Waals surface area contributed by atoms with Crippen molar-refractivity contribution in [1.29, 1.82) is 0 Å². The molecule has 0 aliphatic rings. The maximum Gasteiger partial charge on any atom is 0.269 e. The van der Waals surface area contributed by atoms with Crippen molar-refractivity contribution in [1.82, 2.24) is 4.57 Å². The Labute approximate surface area is 210 Å². The van der Waals surface area contributed by atoms with Crippen LogP contribution in [0.25, 0.3) is 28.2 Å². The van der Waals surface area contributed by atoms with Crippen LogP contribution in [0.15, 0.2) is 114 Å². The van der Waals surface area contributed by atoms with Gasteiger partial charge in [0.1, 0.15) is 0 Å². The van der Waals surface area contributed by atoms with Crippen LogP contribution in [0.2, 0.25) is 0 Å². The van der Waals surface area contributed by atoms with Gasteiger partial charge in [0.05, 0.1) is 22.0 Å². The Bertz CT molecular complexity index is 1530. The molecule has 0 amide bonds. The standard InChI is InChI=1S/C31H25N3O2/c1-22-17-23(2)19-27(18-22)32-21-26-20-30(24-9-5-3-6-10-24)33(31(26)25-11-7-4-8-12-25)28-13-15-29(16-14-28)34(35)36/h3-21H,1-2H3. The lowest BCUT2D eigenvalue weighted by molar-refractivity contribution is -0.384. The topological polar surface area (TPSA) is 60.4 Å². The Balaban J connectivity index is 1.76. The number of non-ortho nitro benzene ring substituents is 1. The van der Waals surface area contributed by atoms with Gasteiger partial charge < -0.3 is 4.57 Å². The summed E-state index contributed by atoms with van der Waals surface area (Å²) in [6, 6.07) is 35.4. The number of aromatic nitrogens is 1. The molecule has 1 aromatic heterocycles. The highest BCUT2D eigenvalue weighted by Crippen LogP contribution is 2.36. The number of aryl methyl sites for hydroxylation is 2. The first-order valence-corrected chi connectivity index (χ1v) is 11.7. The molecule has 0 bridgehead atoms. The molecular weight excluding hydrogens is 446 g/mol. The van der Waals surface area contributed by atoms with Crippen molar-refractivity contribution in [2.24, 2.45) is 4.99 Å². The molecule has 0 radical (unpaired) electrons. The van der Waals surface area contributed by atoms with Gasteiger partial charge in [0.15, 0.2) is 0 Å². The van der Waals surface area contributed by atoms with Crippen molar-refractivity contribution in [2.75, 3.05) is 0 Å². The second-order valence-corrected chi connectivity index (χ2v) is 8.78. The largest absolute Gasteiger partial charge is 0.309 e. The van der Waals surface area contributed by atoms with Gasteiger partial charge in [0.2, 0.25) is 0 Å². The number of aliphatic imine (C=N–C) groups is 1. The fourth-order valence-corrected chi connectivity index (χ4v) is 4.50. The lowest BCUT2D eigenvalue weighted by Crippen LogP contribution is -2.01. The number of benzene rings is 4. The van der Waals surface area contributed by atoms with Crippen LogP contribution in [0.1, 0.15) is 16.7 Å². The molecule has 4 aromatic carbocycles. The molecule has 0 spiro atoms. The molecule has 0 saturated heterocycles. The summed E-state index contributed by atoms with van der Waals surface area (Å²) in [5.41, 5.74) is 9.10. The highest BCUT2D eigenvalue weighted by atomic mass is 16.6. The minimum atomic E-state index is -0.377. The zero-order valence-electron chi connectivity index (χ0n) is 20.1. The van der Waals surface area contributed by atoms with Crippen molar-refractivity contribution >= 4 is 17.6 Å². The van der Waals surface area contributed by atoms with E-state index in [0.29, 0.717) is 0 Å². The molecule has 0 aliphatic carbocycles. The van der Waals surface area contributed by atoms with E-state index in [2.05, 4.69) is 66.9 Å². The first-order chi connectivity index (χ1) is 17.5. The summed E-state index contributed by atoms with van der Waals surface area (Å²) >= 11 is 0. The Morgan fingerprint density at radius 2 is 1.33 bits per heavy atom. The highest BCUT2D eigenvalue weighted by Gasteiger charge is 2.19. The lowest BCUT2D eigenvalue weighted by Gasteiger charge is -2.15. The molecule has 0 unspecified atom stereocenters. The first-order valence-electron chi connectivity index (χ1n) is 11.7. The SMILES string of the molecule is Cc1cc(C)cc(N=Cc2cc(-c3ccccc3)n(-c3ccc([N+](=O)[O-])cc3)c2-c2ccccc2)c1. The van der Waals surface area contributed by atoms with Crippen molar-refractivity contribution in [3.05, 3.63) is 136 Å². The van der Waals surface area contributed by atoms with Crippen LogP contribution in [-0.4, -0.2) is 15.7 Å². The smallest absolute Gasteiger partial charge is 0.269 e. The van der Waals surface area contributed by atoms with Crippen LogP contribution < -0.4 is 0 Å². The number of nitro benzene ring substituents is 1. The Hall–Kier alpha value is -4.77. The van der Waals surface area contributed by atoms with Crippen LogP contribution in [-0.2, 0) is 0 Å². The number of nitro groups is 1. The van der Waals surface area contributed by atoms with Gasteiger partial charge in [-0.05, 0) is 66.4 Å². The van der Waals surface area contributed by atoms with Gasteiger partial charge in [-0.3, -0.25) is 15.1 Å². The molecule has 0 fully saturated rings. The second-order valence-electron chi connectivity index (χ2n) is 8.78. The third-order valence-corrected chi connectivity index (χ3v) is 6.02. The molecule has 0 aliphatic heterocycles. The summed E-state index contributed by atoms with van der Waals surface area (Å²) in [6.07, 6.45) is 1.91. The molecule has 0 atom stereocenters. The van der Waals surface area contributed by atoms with Crippen LogP contribution in [0.5, 0.6) is 0 Å². The summed E-state index contributed by atoms with van der Waals surface area (Å²) in [5.74, 6) is 0. The number of hydrogen-bond acceptors (Lipinski definition) is 3. The van der Waals surface area contributed by atoms with E-state index in [9.17, 15) is 10.1 Å². The zero-order chi connectivity index (χ0) is 25.1. The van der Waals surface area contributed by atoms with E-state index >= 15 is 0 Å². The van der Waals surface area contributed by atoms with Crippen LogP contribution in [0.3, 0.4) is 0 Å². The predicted octanol–water partition coefficient (Wildman–Crippen LogP) is 8.09. The fraction of sp³-hybridized carbons (Fsp3) is 0.0645. The molecule has 0 N–H and O–H groups in total. The second kappa shape index (κ2) is 9.84. The monoisotopic (exact) mass is 471 g/mol. The molecule has 5 nitrogen and oxygen atoms in total. The minimum absolute atomic E-state index is 0.0602. The van der Waals surface area contributed by atoms with Gasteiger partial charge in [-0.25, -0.2) is 0 Å². The maximum absolute atomic E-state index is 11.3. The first kappa shape index (κ1) is 23.0. The Morgan fingerprint density at radius 1 is 0.750 bits per heavy atom. The zero-order valence-corrected chi connectivity index (χ0v) is 20.1. The summed E-state index contributed by atoms with van der Waals surface area (Å²) in [6.45, 7) is 4.14. The maximum atomic E-state index is 11.3. The summed E-state index contributed by atoms with van der Waals surface area (Å²) in [4.78, 5) is 15.7. The van der Waals surface area contributed by atoms with Gasteiger partial charge in [-0.15, -0.1) is 0 Å². The van der Waals surface area contributed by atoms with Crippen molar-refractivity contribution < 1.29 is 4.92 Å². The molecule has 176 valence electrons. The lowest BCUT2D eigenvalue weighted by atomic mass is 10.1. The molecule has 5 rings (SSSR count). The van der Waals surface area contributed by atoms with Gasteiger partial charge in [0, 0.05) is 29.6 Å². The van der Waals surface area contributed by atoms with E-state index in [1.165, 1.54) is 11.1 Å². The van der Waals surface area contributed by atoms with Gasteiger partial charge in [-0.1, -0.05) is 66.7 Å². The Kier molecular flexibility index (Phi) is 6.29. The van der Waals surface area contributed by atoms with E-state index < -0.39 is 0 Å². The van der Waals surface area contributed by atoms with Crippen LogP contribution >= 0.6 is 0 Å². The average molecular weight is 472 g/mol. The van der Waals surface area contributed by atoms with E-state index in [4.69, 9.17) is 4.99 Å². The highest BCUT2D eigenvalue weighted by molar-refractivity contribution is 5.94. The van der Waals surface area contributed by atoms with Crippen LogP contribution in [0, 0.1) is 24.0 Å².